The maximum atomic E-state index is 16.6. The average Bonchev–Trinajstić information content (AvgIpc) is 2.80. The molecule has 0 radical (unpaired) electrons. The van der Waals surface area contributed by atoms with Gasteiger partial charge in [-0.05, 0) is 23.3 Å². The Bertz CT molecular complexity index is 1110. The molecule has 6 heteroatoms. The van der Waals surface area contributed by atoms with E-state index in [2.05, 4.69) is 4.74 Å². The molecule has 154 valence electrons. The van der Waals surface area contributed by atoms with Gasteiger partial charge in [-0.3, -0.25) is 0 Å². The first kappa shape index (κ1) is 21.5. The quantitative estimate of drug-likeness (QED) is 0.512. The summed E-state index contributed by atoms with van der Waals surface area (Å²) in [6, 6.07) is 24.3. The minimum Gasteiger partial charge on any atom is -0.466 e. The maximum Gasteiger partial charge on any atom is 0.361 e. The summed E-state index contributed by atoms with van der Waals surface area (Å²) in [7, 11) is -3.78. The fourth-order valence-corrected chi connectivity index (χ4v) is 4.91. The van der Waals surface area contributed by atoms with Crippen molar-refractivity contribution in [2.45, 2.75) is 15.8 Å². The number of ether oxygens (including phenoxy) is 1. The molecule has 2 atom stereocenters. The molecule has 0 saturated heterocycles. The molecule has 0 amide bonds. The summed E-state index contributed by atoms with van der Waals surface area (Å²) < 4.78 is 48.0. The lowest BCUT2D eigenvalue weighted by Crippen LogP contribution is -2.47. The molecule has 4 nitrogen and oxygen atoms in total. The lowest BCUT2D eigenvalue weighted by molar-refractivity contribution is -0.149. The number of carbonyl (C=O) groups excluding carboxylic acids is 1. The molecule has 0 aliphatic rings. The topological polar surface area (TPSA) is 60.4 Å². The lowest BCUT2D eigenvalue weighted by Gasteiger charge is -2.29. The van der Waals surface area contributed by atoms with Crippen molar-refractivity contribution in [1.29, 1.82) is 0 Å². The van der Waals surface area contributed by atoms with Gasteiger partial charge in [0.1, 0.15) is 0 Å². The highest BCUT2D eigenvalue weighted by Crippen LogP contribution is 2.42. The summed E-state index contributed by atoms with van der Waals surface area (Å²) in [5.41, 5.74) is 1.07. The molecule has 0 aromatic heterocycles. The number of benzene rings is 3. The second-order valence-electron chi connectivity index (χ2n) is 6.61. The van der Waals surface area contributed by atoms with Gasteiger partial charge in [0, 0.05) is 0 Å². The van der Waals surface area contributed by atoms with Gasteiger partial charge in [-0.1, -0.05) is 91.0 Å². The first-order valence-corrected chi connectivity index (χ1v) is 10.7. The van der Waals surface area contributed by atoms with Crippen molar-refractivity contribution >= 4 is 21.9 Å². The number of rotatable bonds is 7. The predicted octanol–water partition coefficient (Wildman–Crippen LogP) is 4.80. The standard InChI is InChI=1S/C24H21FO4S/c1-29-23(26)24(25,30(27,28)21-15-9-4-10-16-21)22(20-13-7-3-8-14-20)18-17-19-11-5-2-6-12-19/h2-18,22H,1H3/t22-,24+/m1/s1. The van der Waals surface area contributed by atoms with Crippen LogP contribution in [0.1, 0.15) is 17.0 Å². The van der Waals surface area contributed by atoms with Gasteiger partial charge in [-0.2, -0.15) is 0 Å². The van der Waals surface area contributed by atoms with Crippen molar-refractivity contribution in [3.63, 3.8) is 0 Å². The number of carbonyl (C=O) groups is 1. The summed E-state index contributed by atoms with van der Waals surface area (Å²) in [4.78, 5) is 12.4. The van der Waals surface area contributed by atoms with Crippen LogP contribution in [0.2, 0.25) is 0 Å². The Balaban J connectivity index is 2.22. The SMILES string of the molecule is COC(=O)[C@](F)([C@H](C=Cc1ccccc1)c1ccccc1)S(=O)(=O)c1ccccc1. The zero-order chi connectivity index (χ0) is 21.6. The molecule has 3 aromatic carbocycles. The van der Waals surface area contributed by atoms with Crippen molar-refractivity contribution < 1.29 is 22.3 Å². The Labute approximate surface area is 175 Å². The molecule has 0 N–H and O–H groups in total. The van der Waals surface area contributed by atoms with Gasteiger partial charge < -0.3 is 4.74 Å². The van der Waals surface area contributed by atoms with E-state index in [0.717, 1.165) is 12.7 Å². The number of hydrogen-bond donors (Lipinski definition) is 0. The van der Waals surface area contributed by atoms with Crippen molar-refractivity contribution in [2.75, 3.05) is 7.11 Å². The molecule has 0 saturated carbocycles. The van der Waals surface area contributed by atoms with E-state index < -0.39 is 26.7 Å². The summed E-state index contributed by atoms with van der Waals surface area (Å²) in [6.07, 6.45) is 2.98. The van der Waals surface area contributed by atoms with E-state index >= 15 is 4.39 Å². The van der Waals surface area contributed by atoms with Gasteiger partial charge in [-0.25, -0.2) is 17.6 Å². The highest BCUT2D eigenvalue weighted by Gasteiger charge is 2.59. The van der Waals surface area contributed by atoms with Crippen LogP contribution < -0.4 is 0 Å². The zero-order valence-electron chi connectivity index (χ0n) is 16.3. The molecule has 0 fully saturated rings. The second-order valence-corrected chi connectivity index (χ2v) is 8.68. The maximum absolute atomic E-state index is 16.6. The van der Waals surface area contributed by atoms with Crippen LogP contribution >= 0.6 is 0 Å². The largest absolute Gasteiger partial charge is 0.466 e. The number of hydrogen-bond acceptors (Lipinski definition) is 4. The molecule has 3 aromatic rings. The Morgan fingerprint density at radius 1 is 0.900 bits per heavy atom. The van der Waals surface area contributed by atoms with E-state index in [0.29, 0.717) is 5.56 Å². The van der Waals surface area contributed by atoms with Gasteiger partial charge in [0.2, 0.25) is 9.84 Å². The first-order valence-electron chi connectivity index (χ1n) is 9.26. The highest BCUT2D eigenvalue weighted by molar-refractivity contribution is 7.93. The summed E-state index contributed by atoms with van der Waals surface area (Å²) >= 11 is 0. The number of methoxy groups -OCH3 is 1. The summed E-state index contributed by atoms with van der Waals surface area (Å²) in [5.74, 6) is -2.91. The van der Waals surface area contributed by atoms with E-state index in [1.807, 2.05) is 6.07 Å². The van der Waals surface area contributed by atoms with E-state index in [9.17, 15) is 13.2 Å². The van der Waals surface area contributed by atoms with Crippen LogP contribution in [0.15, 0.2) is 102 Å². The fourth-order valence-electron chi connectivity index (χ4n) is 3.20. The van der Waals surface area contributed by atoms with Gasteiger partial charge >= 0.3 is 11.0 Å². The van der Waals surface area contributed by atoms with Crippen LogP contribution in [-0.2, 0) is 19.4 Å². The lowest BCUT2D eigenvalue weighted by atomic mass is 9.92. The molecular formula is C24H21FO4S. The number of alkyl halides is 1. The third-order valence-corrected chi connectivity index (χ3v) is 6.84. The molecule has 0 aliphatic heterocycles. The normalized spacial score (nSPS) is 14.7. The highest BCUT2D eigenvalue weighted by atomic mass is 32.2. The van der Waals surface area contributed by atoms with Crippen LogP contribution in [0.4, 0.5) is 4.39 Å². The smallest absolute Gasteiger partial charge is 0.361 e. The molecule has 3 rings (SSSR count). The monoisotopic (exact) mass is 424 g/mol. The Kier molecular flexibility index (Phi) is 6.47. The molecular weight excluding hydrogens is 403 g/mol. The third kappa shape index (κ3) is 4.04. The predicted molar refractivity (Wildman–Crippen MR) is 114 cm³/mol. The van der Waals surface area contributed by atoms with Gasteiger partial charge in [-0.15, -0.1) is 0 Å². The molecule has 0 bridgehead atoms. The first-order chi connectivity index (χ1) is 14.4. The van der Waals surface area contributed by atoms with Crippen LogP contribution in [0, 0.1) is 0 Å². The van der Waals surface area contributed by atoms with E-state index in [4.69, 9.17) is 0 Å². The summed E-state index contributed by atoms with van der Waals surface area (Å²) in [5, 5.41) is -3.37. The van der Waals surface area contributed by atoms with Gasteiger partial charge in [0.25, 0.3) is 0 Å². The molecule has 30 heavy (non-hydrogen) atoms. The van der Waals surface area contributed by atoms with Crippen molar-refractivity contribution in [2.24, 2.45) is 0 Å². The van der Waals surface area contributed by atoms with Crippen molar-refractivity contribution in [3.05, 3.63) is 108 Å². The van der Waals surface area contributed by atoms with Crippen LogP contribution in [0.25, 0.3) is 6.08 Å². The average molecular weight is 424 g/mol. The Morgan fingerprint density at radius 2 is 1.40 bits per heavy atom. The van der Waals surface area contributed by atoms with Gasteiger partial charge in [0.05, 0.1) is 17.9 Å². The summed E-state index contributed by atoms with van der Waals surface area (Å²) in [6.45, 7) is 0. The number of allylic oxidation sites excluding steroid dienone is 1. The van der Waals surface area contributed by atoms with Crippen LogP contribution in [-0.4, -0.2) is 26.5 Å². The number of esters is 1. The number of sulfone groups is 1. The molecule has 0 spiro atoms. The van der Waals surface area contributed by atoms with E-state index in [-0.39, 0.29) is 4.90 Å². The number of halogens is 1. The zero-order valence-corrected chi connectivity index (χ0v) is 17.1. The van der Waals surface area contributed by atoms with Crippen LogP contribution in [0.5, 0.6) is 0 Å². The molecule has 0 aliphatic carbocycles. The molecule has 0 heterocycles. The fraction of sp³-hybridized carbons (Fsp3) is 0.125. The van der Waals surface area contributed by atoms with E-state index in [1.54, 1.807) is 66.7 Å². The Morgan fingerprint density at radius 3 is 1.93 bits per heavy atom. The second kappa shape index (κ2) is 9.05. The Hall–Kier alpha value is -3.25. The van der Waals surface area contributed by atoms with Crippen LogP contribution in [0.3, 0.4) is 0 Å². The third-order valence-electron chi connectivity index (χ3n) is 4.75. The molecule has 0 unspecified atom stereocenters. The van der Waals surface area contributed by atoms with Crippen molar-refractivity contribution in [1.82, 2.24) is 0 Å². The van der Waals surface area contributed by atoms with Gasteiger partial charge in [0.15, 0.2) is 0 Å². The minimum absolute atomic E-state index is 0.299. The van der Waals surface area contributed by atoms with Crippen molar-refractivity contribution in [3.8, 4) is 0 Å². The van der Waals surface area contributed by atoms with E-state index in [1.165, 1.54) is 30.3 Å². The minimum atomic E-state index is -4.76.